The van der Waals surface area contributed by atoms with E-state index < -0.39 is 12.1 Å². The van der Waals surface area contributed by atoms with Crippen LogP contribution in [-0.4, -0.2) is 22.8 Å². The van der Waals surface area contributed by atoms with Crippen LogP contribution in [0.25, 0.3) is 0 Å². The lowest BCUT2D eigenvalue weighted by Crippen LogP contribution is -2.14. The molecule has 0 bridgehead atoms. The van der Waals surface area contributed by atoms with Crippen molar-refractivity contribution in [3.8, 4) is 17.6 Å². The maximum atomic E-state index is 10.9. The van der Waals surface area contributed by atoms with Gasteiger partial charge in [-0.3, -0.25) is 0 Å². The fraction of sp³-hybridized carbons (Fsp3) is 0.348. The van der Waals surface area contributed by atoms with Crippen molar-refractivity contribution in [2.24, 2.45) is 0 Å². The average molecular weight is 366 g/mol. The number of aliphatic hydroxyl groups excluding tert-OH is 1. The minimum atomic E-state index is -0.977. The van der Waals surface area contributed by atoms with Crippen LogP contribution in [0, 0.1) is 11.8 Å². The maximum Gasteiger partial charge on any atom is 0.335 e. The van der Waals surface area contributed by atoms with Gasteiger partial charge in [0.05, 0.1) is 12.2 Å². The van der Waals surface area contributed by atoms with Crippen LogP contribution in [0.5, 0.6) is 5.75 Å². The molecule has 2 aromatic carbocycles. The Hall–Kier alpha value is -2.77. The molecule has 2 aromatic rings. The van der Waals surface area contributed by atoms with Gasteiger partial charge in [-0.2, -0.15) is 0 Å². The Morgan fingerprint density at radius 1 is 1.15 bits per heavy atom. The van der Waals surface area contributed by atoms with Crippen LogP contribution in [0.1, 0.15) is 67.3 Å². The average Bonchev–Trinajstić information content (AvgIpc) is 2.63. The number of hydrogen-bond donors (Lipinski definition) is 2. The summed E-state index contributed by atoms with van der Waals surface area (Å²) in [6.45, 7) is 9.03. The van der Waals surface area contributed by atoms with Gasteiger partial charge in [0.2, 0.25) is 0 Å². The van der Waals surface area contributed by atoms with E-state index in [0.717, 1.165) is 17.7 Å². The van der Waals surface area contributed by atoms with Crippen LogP contribution in [0.4, 0.5) is 0 Å². The second-order valence-electron chi connectivity index (χ2n) is 7.41. The van der Waals surface area contributed by atoms with Crippen molar-refractivity contribution in [2.75, 3.05) is 6.61 Å². The van der Waals surface area contributed by atoms with Gasteiger partial charge in [-0.1, -0.05) is 45.6 Å². The Labute approximate surface area is 160 Å². The number of carboxylic acids is 1. The Morgan fingerprint density at radius 3 is 2.37 bits per heavy atom. The van der Waals surface area contributed by atoms with Gasteiger partial charge in [-0.05, 0) is 59.4 Å². The van der Waals surface area contributed by atoms with E-state index in [1.807, 2.05) is 18.2 Å². The van der Waals surface area contributed by atoms with Gasteiger partial charge in [0.25, 0.3) is 0 Å². The monoisotopic (exact) mass is 366 g/mol. The van der Waals surface area contributed by atoms with E-state index in [4.69, 9.17) is 9.84 Å². The van der Waals surface area contributed by atoms with Crippen molar-refractivity contribution in [1.29, 1.82) is 0 Å². The zero-order valence-corrected chi connectivity index (χ0v) is 16.2. The van der Waals surface area contributed by atoms with Crippen molar-refractivity contribution in [3.05, 3.63) is 64.7 Å². The number of benzene rings is 2. The first kappa shape index (κ1) is 20.5. The number of carbonyl (C=O) groups is 1. The highest BCUT2D eigenvalue weighted by Gasteiger charge is 2.20. The SMILES string of the molecule is CCCOc1ccc(C(O)C#Cc2ccc(C(=O)O)cc2)cc1C(C)(C)C. The summed E-state index contributed by atoms with van der Waals surface area (Å²) in [5.41, 5.74) is 2.47. The van der Waals surface area contributed by atoms with E-state index in [-0.39, 0.29) is 11.0 Å². The molecular weight excluding hydrogens is 340 g/mol. The van der Waals surface area contributed by atoms with Crippen LogP contribution in [0.3, 0.4) is 0 Å². The van der Waals surface area contributed by atoms with Crippen LogP contribution in [0.2, 0.25) is 0 Å². The molecule has 1 unspecified atom stereocenters. The molecule has 0 aromatic heterocycles. The first-order valence-corrected chi connectivity index (χ1v) is 9.02. The van der Waals surface area contributed by atoms with Crippen LogP contribution in [-0.2, 0) is 5.41 Å². The largest absolute Gasteiger partial charge is 0.493 e. The molecule has 27 heavy (non-hydrogen) atoms. The summed E-state index contributed by atoms with van der Waals surface area (Å²) in [5, 5.41) is 19.4. The van der Waals surface area contributed by atoms with E-state index in [2.05, 4.69) is 39.5 Å². The summed E-state index contributed by atoms with van der Waals surface area (Å²) >= 11 is 0. The molecule has 0 radical (unpaired) electrons. The standard InChI is InChI=1S/C23H26O4/c1-5-14-27-21-13-11-18(15-19(21)23(2,3)4)20(24)12-8-16-6-9-17(10-7-16)22(25)26/h6-7,9-11,13,15,20,24H,5,14H2,1-4H3,(H,25,26). The third-order valence-electron chi connectivity index (χ3n) is 4.07. The molecule has 0 aliphatic heterocycles. The van der Waals surface area contributed by atoms with E-state index >= 15 is 0 Å². The molecule has 0 spiro atoms. The zero-order valence-electron chi connectivity index (χ0n) is 16.2. The molecule has 2 rings (SSSR count). The summed E-state index contributed by atoms with van der Waals surface area (Å²) in [6.07, 6.45) is -0.00872. The summed E-state index contributed by atoms with van der Waals surface area (Å²) in [4.78, 5) is 10.9. The first-order valence-electron chi connectivity index (χ1n) is 9.02. The molecule has 4 heteroatoms. The quantitative estimate of drug-likeness (QED) is 0.762. The topological polar surface area (TPSA) is 66.8 Å². The van der Waals surface area contributed by atoms with Crippen molar-refractivity contribution in [3.63, 3.8) is 0 Å². The van der Waals surface area contributed by atoms with Gasteiger partial charge >= 0.3 is 5.97 Å². The Morgan fingerprint density at radius 2 is 1.81 bits per heavy atom. The predicted molar refractivity (Wildman–Crippen MR) is 106 cm³/mol. The van der Waals surface area contributed by atoms with Gasteiger partial charge in [0.1, 0.15) is 11.9 Å². The maximum absolute atomic E-state index is 10.9. The number of rotatable bonds is 5. The lowest BCUT2D eigenvalue weighted by Gasteiger charge is -2.24. The summed E-state index contributed by atoms with van der Waals surface area (Å²) in [6, 6.07) is 11.9. The first-order chi connectivity index (χ1) is 12.7. The smallest absolute Gasteiger partial charge is 0.335 e. The van der Waals surface area contributed by atoms with Crippen LogP contribution in [0.15, 0.2) is 42.5 Å². The number of aliphatic hydroxyl groups is 1. The van der Waals surface area contributed by atoms with Crippen LogP contribution < -0.4 is 4.74 Å². The van der Waals surface area contributed by atoms with Gasteiger partial charge in [0, 0.05) is 5.56 Å². The highest BCUT2D eigenvalue weighted by Crippen LogP contribution is 2.33. The Kier molecular flexibility index (Phi) is 6.65. The number of hydrogen-bond acceptors (Lipinski definition) is 3. The second-order valence-corrected chi connectivity index (χ2v) is 7.41. The normalized spacial score (nSPS) is 12.0. The molecule has 0 heterocycles. The van der Waals surface area contributed by atoms with E-state index in [1.165, 1.54) is 12.1 Å². The second kappa shape index (κ2) is 8.75. The van der Waals surface area contributed by atoms with Gasteiger partial charge in [0.15, 0.2) is 0 Å². The van der Waals surface area contributed by atoms with Gasteiger partial charge in [-0.15, -0.1) is 0 Å². The van der Waals surface area contributed by atoms with E-state index in [0.29, 0.717) is 17.7 Å². The molecular formula is C23H26O4. The third-order valence-corrected chi connectivity index (χ3v) is 4.07. The summed E-state index contributed by atoms with van der Waals surface area (Å²) < 4.78 is 5.84. The van der Waals surface area contributed by atoms with Gasteiger partial charge in [-0.25, -0.2) is 4.79 Å². The lowest BCUT2D eigenvalue weighted by molar-refractivity contribution is 0.0697. The van der Waals surface area contributed by atoms with E-state index in [1.54, 1.807) is 12.1 Å². The molecule has 0 saturated carbocycles. The minimum Gasteiger partial charge on any atom is -0.493 e. The van der Waals surface area contributed by atoms with Crippen LogP contribution >= 0.6 is 0 Å². The lowest BCUT2D eigenvalue weighted by atomic mass is 9.85. The van der Waals surface area contributed by atoms with E-state index in [9.17, 15) is 9.90 Å². The number of carboxylic acid groups (broad SMARTS) is 1. The van der Waals surface area contributed by atoms with Crippen molar-refractivity contribution >= 4 is 5.97 Å². The molecule has 1 atom stereocenters. The molecule has 0 fully saturated rings. The van der Waals surface area contributed by atoms with Crippen molar-refractivity contribution < 1.29 is 19.7 Å². The zero-order chi connectivity index (χ0) is 20.0. The number of aromatic carboxylic acids is 1. The molecule has 4 nitrogen and oxygen atoms in total. The minimum absolute atomic E-state index is 0.126. The Bertz CT molecular complexity index is 849. The fourth-order valence-corrected chi connectivity index (χ4v) is 2.57. The number of ether oxygens (including phenoxy) is 1. The predicted octanol–water partition coefficient (Wildman–Crippen LogP) is 4.56. The highest BCUT2D eigenvalue weighted by atomic mass is 16.5. The molecule has 142 valence electrons. The summed E-state index contributed by atoms with van der Waals surface area (Å²) in [5.74, 6) is 5.57. The fourth-order valence-electron chi connectivity index (χ4n) is 2.57. The van der Waals surface area contributed by atoms with Gasteiger partial charge < -0.3 is 14.9 Å². The highest BCUT2D eigenvalue weighted by molar-refractivity contribution is 5.87. The third kappa shape index (κ3) is 5.60. The Balaban J connectivity index is 2.26. The molecule has 0 amide bonds. The molecule has 2 N–H and O–H groups in total. The molecule has 0 aliphatic rings. The molecule has 0 aliphatic carbocycles. The molecule has 0 saturated heterocycles. The summed E-state index contributed by atoms with van der Waals surface area (Å²) in [7, 11) is 0. The van der Waals surface area contributed by atoms with Crippen molar-refractivity contribution in [1.82, 2.24) is 0 Å². The van der Waals surface area contributed by atoms with Crippen molar-refractivity contribution in [2.45, 2.75) is 45.6 Å².